The fourth-order valence-corrected chi connectivity index (χ4v) is 2.43. The Morgan fingerprint density at radius 1 is 1.42 bits per heavy atom. The second-order valence-corrected chi connectivity index (χ2v) is 4.44. The highest BCUT2D eigenvalue weighted by Gasteiger charge is 2.07. The van der Waals surface area contributed by atoms with E-state index in [-0.39, 0.29) is 5.75 Å². The maximum Gasteiger partial charge on any atom is 0.142 e. The van der Waals surface area contributed by atoms with Gasteiger partial charge in [0.2, 0.25) is 0 Å². The molecule has 2 nitrogen and oxygen atoms in total. The van der Waals surface area contributed by atoms with Crippen molar-refractivity contribution < 1.29 is 5.11 Å². The number of nitrogens with zero attached hydrogens (tertiary/aromatic N) is 1. The summed E-state index contributed by atoms with van der Waals surface area (Å²) < 4.78 is 1.60. The molecule has 1 aromatic rings. The van der Waals surface area contributed by atoms with Gasteiger partial charge in [0.25, 0.3) is 0 Å². The van der Waals surface area contributed by atoms with Crippen LogP contribution in [-0.4, -0.2) is 5.11 Å². The molecule has 12 heavy (non-hydrogen) atoms. The van der Waals surface area contributed by atoms with E-state index in [4.69, 9.17) is 5.26 Å². The van der Waals surface area contributed by atoms with E-state index in [9.17, 15) is 5.11 Å². The molecule has 0 aliphatic rings. The molecule has 4 heteroatoms. The van der Waals surface area contributed by atoms with Crippen molar-refractivity contribution >= 4 is 45.2 Å². The molecule has 1 N–H and O–H groups in total. The zero-order valence-electron chi connectivity index (χ0n) is 6.01. The Hall–Kier alpha value is -0.0300. The van der Waals surface area contributed by atoms with Crippen LogP contribution in [0.2, 0.25) is 0 Å². The first-order chi connectivity index (χ1) is 5.66. The summed E-state index contributed by atoms with van der Waals surface area (Å²) in [5.41, 5.74) is 0.885. The van der Waals surface area contributed by atoms with Gasteiger partial charge < -0.3 is 5.11 Å². The van der Waals surface area contributed by atoms with Gasteiger partial charge in [-0.05, 0) is 56.8 Å². The molecule has 1 rings (SSSR count). The van der Waals surface area contributed by atoms with Crippen molar-refractivity contribution in [2.24, 2.45) is 0 Å². The van der Waals surface area contributed by atoms with Crippen LogP contribution in [0.15, 0.2) is 12.1 Å². The van der Waals surface area contributed by atoms with Crippen LogP contribution in [0.25, 0.3) is 0 Å². The van der Waals surface area contributed by atoms with Crippen LogP contribution < -0.4 is 0 Å². The molecule has 0 aliphatic heterocycles. The molecule has 0 amide bonds. The number of phenolic OH excluding ortho intramolecular Hbond substituents is 1. The first kappa shape index (κ1) is 10.1. The summed E-state index contributed by atoms with van der Waals surface area (Å²) in [6, 6.07) is 5.73. The Morgan fingerprint density at radius 2 is 2.08 bits per heavy atom. The average molecular weight is 385 g/mol. The summed E-state index contributed by atoms with van der Waals surface area (Å²) in [5, 5.41) is 18.0. The number of aromatic hydroxyl groups is 1. The molecule has 0 bridgehead atoms. The third-order valence-corrected chi connectivity index (χ3v) is 3.49. The first-order valence-corrected chi connectivity index (χ1v) is 5.35. The lowest BCUT2D eigenvalue weighted by molar-refractivity contribution is 0.467. The molecular formula is C8H5I2NO. The molecule has 0 fully saturated rings. The van der Waals surface area contributed by atoms with Crippen molar-refractivity contribution in [3.63, 3.8) is 0 Å². The maximum atomic E-state index is 9.49. The number of halogens is 2. The fraction of sp³-hybridized carbons (Fsp3) is 0.125. The van der Waals surface area contributed by atoms with E-state index in [1.165, 1.54) is 0 Å². The molecule has 62 valence electrons. The molecule has 0 saturated carbocycles. The van der Waals surface area contributed by atoms with Gasteiger partial charge >= 0.3 is 0 Å². The van der Waals surface area contributed by atoms with E-state index in [0.29, 0.717) is 6.42 Å². The van der Waals surface area contributed by atoms with Crippen molar-refractivity contribution in [2.75, 3.05) is 0 Å². The summed E-state index contributed by atoms with van der Waals surface area (Å²) in [7, 11) is 0. The number of rotatable bonds is 1. The summed E-state index contributed by atoms with van der Waals surface area (Å²) in [6.07, 6.45) is 0.350. The van der Waals surface area contributed by atoms with Gasteiger partial charge in [-0.15, -0.1) is 0 Å². The van der Waals surface area contributed by atoms with Crippen molar-refractivity contribution in [1.82, 2.24) is 0 Å². The Labute approximate surface area is 97.9 Å². The van der Waals surface area contributed by atoms with Crippen molar-refractivity contribution in [3.05, 3.63) is 24.8 Å². The van der Waals surface area contributed by atoms with Gasteiger partial charge in [-0.3, -0.25) is 0 Å². The molecule has 0 aromatic heterocycles. The fourth-order valence-electron chi connectivity index (χ4n) is 0.804. The van der Waals surface area contributed by atoms with Crippen LogP contribution in [0.5, 0.6) is 5.75 Å². The Morgan fingerprint density at radius 3 is 2.67 bits per heavy atom. The maximum absolute atomic E-state index is 9.49. The summed E-state index contributed by atoms with van der Waals surface area (Å²) >= 11 is 4.11. The highest BCUT2D eigenvalue weighted by molar-refractivity contribution is 14.1. The standard InChI is InChI=1S/C8H5I2NO/c9-6-2-1-5(3-4-11)7(10)8(6)12/h1-2,12H,3H2. The SMILES string of the molecule is N#CCc1ccc(I)c(O)c1I. The quantitative estimate of drug-likeness (QED) is 0.756. The van der Waals surface area contributed by atoms with Gasteiger partial charge in [0.15, 0.2) is 0 Å². The Balaban J connectivity index is 3.19. The minimum Gasteiger partial charge on any atom is -0.506 e. The van der Waals surface area contributed by atoms with Gasteiger partial charge in [-0.25, -0.2) is 0 Å². The van der Waals surface area contributed by atoms with E-state index in [1.54, 1.807) is 0 Å². The van der Waals surface area contributed by atoms with Gasteiger partial charge in [0.1, 0.15) is 5.75 Å². The molecule has 0 radical (unpaired) electrons. The number of hydrogen-bond donors (Lipinski definition) is 1. The van der Waals surface area contributed by atoms with Crippen LogP contribution in [0, 0.1) is 18.5 Å². The lowest BCUT2D eigenvalue weighted by atomic mass is 10.2. The largest absolute Gasteiger partial charge is 0.506 e. The van der Waals surface area contributed by atoms with Gasteiger partial charge in [-0.2, -0.15) is 5.26 Å². The lowest BCUT2D eigenvalue weighted by Gasteiger charge is -2.03. The summed E-state index contributed by atoms with van der Waals surface area (Å²) in [6.45, 7) is 0. The molecule has 0 aliphatic carbocycles. The van der Waals surface area contributed by atoms with E-state index in [2.05, 4.69) is 28.7 Å². The van der Waals surface area contributed by atoms with Gasteiger partial charge in [-0.1, -0.05) is 6.07 Å². The molecule has 0 unspecified atom stereocenters. The van der Waals surface area contributed by atoms with Crippen LogP contribution in [-0.2, 0) is 6.42 Å². The number of nitriles is 1. The minimum atomic E-state index is 0.281. The number of phenols is 1. The van der Waals surface area contributed by atoms with Crippen molar-refractivity contribution in [2.45, 2.75) is 6.42 Å². The predicted molar refractivity (Wildman–Crippen MR) is 62.9 cm³/mol. The van der Waals surface area contributed by atoms with Crippen molar-refractivity contribution in [1.29, 1.82) is 5.26 Å². The first-order valence-electron chi connectivity index (χ1n) is 3.19. The third-order valence-electron chi connectivity index (χ3n) is 1.42. The molecular weight excluding hydrogens is 380 g/mol. The molecule has 0 saturated heterocycles. The number of hydrogen-bond acceptors (Lipinski definition) is 2. The second kappa shape index (κ2) is 4.28. The van der Waals surface area contributed by atoms with Crippen LogP contribution in [0.1, 0.15) is 5.56 Å². The highest BCUT2D eigenvalue weighted by Crippen LogP contribution is 2.28. The van der Waals surface area contributed by atoms with E-state index in [1.807, 2.05) is 34.7 Å². The van der Waals surface area contributed by atoms with E-state index in [0.717, 1.165) is 12.7 Å². The lowest BCUT2D eigenvalue weighted by Crippen LogP contribution is -1.89. The number of benzene rings is 1. The minimum absolute atomic E-state index is 0.281. The molecule has 0 atom stereocenters. The second-order valence-electron chi connectivity index (χ2n) is 2.20. The predicted octanol–water partition coefficient (Wildman–Crippen LogP) is 2.67. The van der Waals surface area contributed by atoms with Crippen molar-refractivity contribution in [3.8, 4) is 11.8 Å². The summed E-state index contributed by atoms with van der Waals surface area (Å²) in [4.78, 5) is 0. The van der Waals surface area contributed by atoms with Gasteiger partial charge in [0, 0.05) is 0 Å². The smallest absolute Gasteiger partial charge is 0.142 e. The van der Waals surface area contributed by atoms with E-state index < -0.39 is 0 Å². The Kier molecular flexibility index (Phi) is 3.58. The molecule has 0 heterocycles. The zero-order valence-corrected chi connectivity index (χ0v) is 10.3. The van der Waals surface area contributed by atoms with E-state index >= 15 is 0 Å². The van der Waals surface area contributed by atoms with Crippen LogP contribution in [0.3, 0.4) is 0 Å². The Bertz CT molecular complexity index is 344. The van der Waals surface area contributed by atoms with Crippen LogP contribution >= 0.6 is 45.2 Å². The molecule has 1 aromatic carbocycles. The monoisotopic (exact) mass is 385 g/mol. The summed E-state index contributed by atoms with van der Waals surface area (Å²) in [5.74, 6) is 0.281. The van der Waals surface area contributed by atoms with Gasteiger partial charge in [0.05, 0.1) is 19.6 Å². The topological polar surface area (TPSA) is 44.0 Å². The zero-order chi connectivity index (χ0) is 9.14. The van der Waals surface area contributed by atoms with Crippen LogP contribution in [0.4, 0.5) is 0 Å². The highest BCUT2D eigenvalue weighted by atomic mass is 127. The third kappa shape index (κ3) is 2.01. The molecule has 0 spiro atoms. The average Bonchev–Trinajstić information content (AvgIpc) is 2.07. The normalized spacial score (nSPS) is 9.42.